The van der Waals surface area contributed by atoms with Gasteiger partial charge in [-0.05, 0) is 0 Å². The molecule has 5 heteroatoms. The molecule has 3 rings (SSSR count). The predicted octanol–water partition coefficient (Wildman–Crippen LogP) is -0.510. The summed E-state index contributed by atoms with van der Waals surface area (Å²) < 4.78 is 2.32. The van der Waals surface area contributed by atoms with E-state index in [1.165, 1.54) is 11.1 Å². The Kier molecular flexibility index (Phi) is 8.69. The van der Waals surface area contributed by atoms with E-state index in [2.05, 4.69) is 96.2 Å². The summed E-state index contributed by atoms with van der Waals surface area (Å²) in [7, 11) is -0.803. The van der Waals surface area contributed by atoms with E-state index in [9.17, 15) is 0 Å². The van der Waals surface area contributed by atoms with E-state index in [0.29, 0.717) is 3.63 Å². The zero-order valence-electron chi connectivity index (χ0n) is 18.4. The number of hydrogen-bond donors (Lipinski definition) is 1. The average molecular weight is 514 g/mol. The van der Waals surface area contributed by atoms with E-state index >= 15 is 0 Å². The van der Waals surface area contributed by atoms with Gasteiger partial charge in [-0.15, -0.1) is 0 Å². The van der Waals surface area contributed by atoms with Crippen molar-refractivity contribution >= 4 is 18.3 Å². The minimum atomic E-state index is -0.819. The Balaban J connectivity index is 0.00000196. The van der Waals surface area contributed by atoms with Crippen molar-refractivity contribution in [1.82, 2.24) is 4.98 Å². The zero-order chi connectivity index (χ0) is 19.3. The molecule has 1 aliphatic rings. The molecule has 0 bridgehead atoms. The number of nitrogens with one attached hydrogen (secondary N) is 1. The van der Waals surface area contributed by atoms with Crippen molar-refractivity contribution < 1.29 is 48.0 Å². The van der Waals surface area contributed by atoms with E-state index in [0.717, 1.165) is 0 Å². The van der Waals surface area contributed by atoms with Gasteiger partial charge in [-0.25, -0.2) is 0 Å². The fourth-order valence-electron chi connectivity index (χ4n) is 4.06. The topological polar surface area (TPSA) is 15.8 Å². The van der Waals surface area contributed by atoms with Gasteiger partial charge >= 0.3 is 173 Å². The Morgan fingerprint density at radius 1 is 0.929 bits per heavy atom. The number of benzene rings is 1. The van der Waals surface area contributed by atoms with Gasteiger partial charge in [0, 0.05) is 0 Å². The van der Waals surface area contributed by atoms with Gasteiger partial charge in [0.15, 0.2) is 0 Å². The number of aromatic nitrogens is 1. The van der Waals surface area contributed by atoms with Gasteiger partial charge in [-0.3, -0.25) is 0 Å². The van der Waals surface area contributed by atoms with Crippen LogP contribution in [0.15, 0.2) is 35.7 Å². The van der Waals surface area contributed by atoms with Gasteiger partial charge in [-0.2, -0.15) is 0 Å². The number of fused-ring (bicyclic) bond motifs is 1. The summed E-state index contributed by atoms with van der Waals surface area (Å²) in [5.41, 5.74) is 6.58. The van der Waals surface area contributed by atoms with Crippen LogP contribution >= 0.6 is 0 Å². The summed E-state index contributed by atoms with van der Waals surface area (Å²) in [5.74, 6) is 0. The summed E-state index contributed by atoms with van der Waals surface area (Å²) >= 11 is -0.819. The monoisotopic (exact) mass is 511 g/mol. The molecule has 152 valence electrons. The molecule has 1 unspecified atom stereocenters. The fraction of sp³-hybridized carbons (Fsp3) is 0.478. The second-order valence-electron chi connectivity index (χ2n) is 9.96. The van der Waals surface area contributed by atoms with Crippen molar-refractivity contribution in [2.75, 3.05) is 0 Å². The first-order valence-electron chi connectivity index (χ1n) is 9.79. The normalized spacial score (nSPS) is 16.0. The molecule has 28 heavy (non-hydrogen) atoms. The molecule has 0 saturated heterocycles. The maximum atomic E-state index is 3.77. The first-order valence-corrected chi connectivity index (χ1v) is 15.3. The van der Waals surface area contributed by atoms with E-state index in [-0.39, 0.29) is 35.6 Å². The van der Waals surface area contributed by atoms with Crippen molar-refractivity contribution in [1.29, 1.82) is 0 Å². The van der Waals surface area contributed by atoms with E-state index in [4.69, 9.17) is 0 Å². The summed E-state index contributed by atoms with van der Waals surface area (Å²) in [6, 6.07) is 9.11. The van der Waals surface area contributed by atoms with Crippen LogP contribution < -0.4 is 28.2 Å². The molecule has 1 N–H and O–H groups in total. The Hall–Kier alpha value is -0.0800. The van der Waals surface area contributed by atoms with Crippen LogP contribution in [0.2, 0.25) is 13.1 Å². The molecule has 0 radical (unpaired) electrons. The number of allylic oxidation sites excluding steroid dienone is 1. The molecule has 2 aromatic rings. The van der Waals surface area contributed by atoms with Gasteiger partial charge in [0.05, 0.1) is 0 Å². The number of H-pyrrole nitrogens is 1. The number of hydrogen-bond acceptors (Lipinski definition) is 0. The van der Waals surface area contributed by atoms with Gasteiger partial charge in [0.1, 0.15) is 0 Å². The quantitative estimate of drug-likeness (QED) is 0.533. The molecule has 1 heterocycles. The standard InChI is InChI=1S/C12H20N.C11H13Si.2ClH.Zr/c1-11(2,3)9-7-13-8-10(9)12(4,5)6;1-12(2)11-7-9-5-3-4-6-10(9)8-11;;;/h7,13H,1-6H3;3-8,12H,1-2H3;2*1H;/q;;;;+2/p-2. The van der Waals surface area contributed by atoms with Gasteiger partial charge in [0.2, 0.25) is 0 Å². The van der Waals surface area contributed by atoms with Crippen LogP contribution in [0, 0.1) is 0 Å². The molecule has 0 saturated carbocycles. The molecule has 0 spiro atoms. The first kappa shape index (κ1) is 26.0. The summed E-state index contributed by atoms with van der Waals surface area (Å²) in [5, 5.41) is 1.78. The molecule has 1 atom stereocenters. The number of halogens is 2. The number of rotatable bonds is 3. The van der Waals surface area contributed by atoms with E-state index in [1.807, 2.05) is 0 Å². The average Bonchev–Trinajstić information content (AvgIpc) is 3.09. The van der Waals surface area contributed by atoms with Crippen molar-refractivity contribution in [3.05, 3.63) is 57.9 Å². The Morgan fingerprint density at radius 2 is 1.54 bits per heavy atom. The van der Waals surface area contributed by atoms with Crippen molar-refractivity contribution in [2.45, 2.75) is 69.1 Å². The third kappa shape index (κ3) is 5.15. The molecular weight excluding hydrogens is 480 g/mol. The third-order valence-electron chi connectivity index (χ3n) is 5.36. The predicted molar refractivity (Wildman–Crippen MR) is 114 cm³/mol. The van der Waals surface area contributed by atoms with Crippen LogP contribution in [-0.2, 0) is 34.1 Å². The van der Waals surface area contributed by atoms with Gasteiger partial charge < -0.3 is 24.8 Å². The Bertz CT molecular complexity index is 841. The summed E-state index contributed by atoms with van der Waals surface area (Å²) in [6.07, 6.45) is 4.84. The SMILES string of the molecule is C[SiH](C)C1=Cc2ccccc2[CH]1[Zr+2][c]1[nH]cc(C(C)(C)C)c1C(C)(C)C.[Cl-].[Cl-]. The molecule has 0 amide bonds. The fourth-order valence-corrected chi connectivity index (χ4v) is 12.7. The zero-order valence-corrected chi connectivity index (χ0v) is 23.5. The van der Waals surface area contributed by atoms with Crippen LogP contribution in [0.3, 0.4) is 0 Å². The largest absolute Gasteiger partial charge is 1.00 e. The molecule has 1 aromatic heterocycles. The first-order chi connectivity index (χ1) is 12.0. The smallest absolute Gasteiger partial charge is 1.00 e. The van der Waals surface area contributed by atoms with E-state index < -0.39 is 32.0 Å². The van der Waals surface area contributed by atoms with Crippen LogP contribution in [0.4, 0.5) is 0 Å². The summed E-state index contributed by atoms with van der Waals surface area (Å²) in [4.78, 5) is 3.77. The third-order valence-corrected chi connectivity index (χ3v) is 12.0. The van der Waals surface area contributed by atoms with Crippen molar-refractivity contribution in [3.63, 3.8) is 0 Å². The maximum Gasteiger partial charge on any atom is -1.00 e. The second-order valence-corrected chi connectivity index (χ2v) is 16.3. The summed E-state index contributed by atoms with van der Waals surface area (Å²) in [6.45, 7) is 19.2. The van der Waals surface area contributed by atoms with Gasteiger partial charge in [-0.1, -0.05) is 0 Å². The molecular formula is C23H33Cl2NSiZr. The molecule has 1 aromatic carbocycles. The Labute approximate surface area is 197 Å². The van der Waals surface area contributed by atoms with Crippen LogP contribution in [0.1, 0.15) is 67.4 Å². The van der Waals surface area contributed by atoms with Crippen LogP contribution in [0.25, 0.3) is 6.08 Å². The second kappa shape index (κ2) is 9.38. The van der Waals surface area contributed by atoms with Gasteiger partial charge in [0.25, 0.3) is 0 Å². The van der Waals surface area contributed by atoms with E-state index in [1.54, 1.807) is 19.7 Å². The molecule has 1 aliphatic carbocycles. The van der Waals surface area contributed by atoms with Crippen molar-refractivity contribution in [3.8, 4) is 0 Å². The minimum absolute atomic E-state index is 0. The number of aromatic amines is 1. The Morgan fingerprint density at radius 3 is 2.07 bits per heavy atom. The molecule has 0 aliphatic heterocycles. The van der Waals surface area contributed by atoms with Crippen LogP contribution in [-0.4, -0.2) is 13.8 Å². The van der Waals surface area contributed by atoms with Crippen LogP contribution in [0.5, 0.6) is 0 Å². The molecule has 1 nitrogen and oxygen atoms in total. The maximum absolute atomic E-state index is 3.77. The van der Waals surface area contributed by atoms with Crippen molar-refractivity contribution in [2.24, 2.45) is 0 Å². The minimum Gasteiger partial charge on any atom is -1.00 e. The molecule has 0 fully saturated rings.